The first-order valence-electron chi connectivity index (χ1n) is 5.68. The smallest absolute Gasteiger partial charge is 0.410 e. The molecular weight excluding hydrogens is 194 g/mol. The monoisotopic (exact) mass is 211 g/mol. The second-order valence-electron chi connectivity index (χ2n) is 4.30. The van der Waals surface area contributed by atoms with Gasteiger partial charge in [0.1, 0.15) is 5.78 Å². The highest BCUT2D eigenvalue weighted by molar-refractivity contribution is 5.85. The van der Waals surface area contributed by atoms with Gasteiger partial charge in [0.25, 0.3) is 0 Å². The van der Waals surface area contributed by atoms with Crippen LogP contribution in [0, 0.1) is 5.92 Å². The SMILES string of the molecule is CCOC(=O)N1CC2CCCC1CC2=O. The lowest BCUT2D eigenvalue weighted by Gasteiger charge is -2.34. The summed E-state index contributed by atoms with van der Waals surface area (Å²) >= 11 is 0. The number of ketones is 1. The van der Waals surface area contributed by atoms with E-state index in [0.717, 1.165) is 19.3 Å². The van der Waals surface area contributed by atoms with E-state index in [9.17, 15) is 9.59 Å². The maximum absolute atomic E-state index is 11.6. The first-order valence-corrected chi connectivity index (χ1v) is 5.68. The minimum atomic E-state index is -0.248. The minimum Gasteiger partial charge on any atom is -0.450 e. The number of piperidine rings is 1. The second kappa shape index (κ2) is 4.21. The van der Waals surface area contributed by atoms with Gasteiger partial charge in [-0.3, -0.25) is 4.79 Å². The van der Waals surface area contributed by atoms with Crippen molar-refractivity contribution in [3.05, 3.63) is 0 Å². The molecule has 3 rings (SSSR count). The van der Waals surface area contributed by atoms with Crippen LogP contribution in [0.3, 0.4) is 0 Å². The average molecular weight is 211 g/mol. The fourth-order valence-electron chi connectivity index (χ4n) is 2.54. The molecule has 2 bridgehead atoms. The summed E-state index contributed by atoms with van der Waals surface area (Å²) in [5.41, 5.74) is 0. The molecule has 2 aliphatic heterocycles. The molecule has 0 aromatic rings. The van der Waals surface area contributed by atoms with Crippen LogP contribution in [0.5, 0.6) is 0 Å². The molecule has 2 heterocycles. The van der Waals surface area contributed by atoms with Crippen molar-refractivity contribution < 1.29 is 14.3 Å². The minimum absolute atomic E-state index is 0.0631. The third-order valence-electron chi connectivity index (χ3n) is 3.34. The number of carbonyl (C=O) groups is 2. The zero-order valence-electron chi connectivity index (χ0n) is 9.07. The molecule has 2 atom stereocenters. The van der Waals surface area contributed by atoms with Crippen LogP contribution in [0.15, 0.2) is 0 Å². The topological polar surface area (TPSA) is 46.6 Å². The number of rotatable bonds is 1. The van der Waals surface area contributed by atoms with Gasteiger partial charge in [0.05, 0.1) is 6.61 Å². The van der Waals surface area contributed by atoms with Crippen molar-refractivity contribution in [2.75, 3.05) is 13.2 Å². The maximum Gasteiger partial charge on any atom is 0.410 e. The molecule has 1 aliphatic carbocycles. The van der Waals surface area contributed by atoms with E-state index in [0.29, 0.717) is 25.4 Å². The van der Waals surface area contributed by atoms with E-state index in [-0.39, 0.29) is 18.1 Å². The van der Waals surface area contributed by atoms with Gasteiger partial charge in [0.15, 0.2) is 0 Å². The summed E-state index contributed by atoms with van der Waals surface area (Å²) in [5.74, 6) is 0.395. The van der Waals surface area contributed by atoms with Gasteiger partial charge in [-0.2, -0.15) is 0 Å². The predicted octanol–water partition coefficient (Wildman–Crippen LogP) is 1.59. The molecule has 0 spiro atoms. The predicted molar refractivity (Wildman–Crippen MR) is 54.5 cm³/mol. The Morgan fingerprint density at radius 3 is 3.07 bits per heavy atom. The molecule has 2 unspecified atom stereocenters. The molecule has 84 valence electrons. The summed E-state index contributed by atoms with van der Waals surface area (Å²) in [6.45, 7) is 2.78. The van der Waals surface area contributed by atoms with Crippen LogP contribution in [-0.4, -0.2) is 36.0 Å². The summed E-state index contributed by atoms with van der Waals surface area (Å²) < 4.78 is 5.00. The molecule has 3 aliphatic rings. The molecule has 0 aromatic carbocycles. The van der Waals surface area contributed by atoms with E-state index in [1.807, 2.05) is 0 Å². The maximum atomic E-state index is 11.6. The van der Waals surface area contributed by atoms with Gasteiger partial charge in [-0.05, 0) is 19.8 Å². The Balaban J connectivity index is 2.09. The molecule has 1 amide bonds. The zero-order valence-corrected chi connectivity index (χ0v) is 9.07. The lowest BCUT2D eigenvalue weighted by molar-refractivity contribution is -0.126. The van der Waals surface area contributed by atoms with E-state index in [4.69, 9.17) is 4.74 Å². The van der Waals surface area contributed by atoms with Gasteiger partial charge in [0.2, 0.25) is 0 Å². The van der Waals surface area contributed by atoms with Crippen LogP contribution in [-0.2, 0) is 9.53 Å². The molecule has 1 saturated carbocycles. The van der Waals surface area contributed by atoms with Gasteiger partial charge in [-0.25, -0.2) is 4.79 Å². The molecule has 4 heteroatoms. The van der Waals surface area contributed by atoms with Gasteiger partial charge < -0.3 is 9.64 Å². The van der Waals surface area contributed by atoms with Gasteiger partial charge >= 0.3 is 6.09 Å². The van der Waals surface area contributed by atoms with Crippen molar-refractivity contribution in [2.24, 2.45) is 5.92 Å². The van der Waals surface area contributed by atoms with Crippen molar-refractivity contribution in [1.82, 2.24) is 4.90 Å². The van der Waals surface area contributed by atoms with Gasteiger partial charge in [-0.1, -0.05) is 6.42 Å². The van der Waals surface area contributed by atoms with Crippen molar-refractivity contribution in [3.8, 4) is 0 Å². The second-order valence-corrected chi connectivity index (χ2v) is 4.30. The van der Waals surface area contributed by atoms with E-state index < -0.39 is 0 Å². The summed E-state index contributed by atoms with van der Waals surface area (Å²) in [4.78, 5) is 25.0. The first kappa shape index (κ1) is 10.5. The number of nitrogens with zero attached hydrogens (tertiary/aromatic N) is 1. The standard InChI is InChI=1S/C11H17NO3/c1-2-15-11(14)12-7-8-4-3-5-9(12)6-10(8)13/h8-9H,2-7H2,1H3. The van der Waals surface area contributed by atoms with E-state index in [1.54, 1.807) is 11.8 Å². The van der Waals surface area contributed by atoms with Gasteiger partial charge in [-0.15, -0.1) is 0 Å². The van der Waals surface area contributed by atoms with Crippen molar-refractivity contribution in [2.45, 2.75) is 38.6 Å². The molecule has 0 aromatic heterocycles. The highest BCUT2D eigenvalue weighted by Crippen LogP contribution is 2.31. The molecular formula is C11H17NO3. The van der Waals surface area contributed by atoms with E-state index >= 15 is 0 Å². The fraction of sp³-hybridized carbons (Fsp3) is 0.818. The molecule has 2 saturated heterocycles. The van der Waals surface area contributed by atoms with E-state index in [1.165, 1.54) is 0 Å². The third-order valence-corrected chi connectivity index (χ3v) is 3.34. The number of hydrogen-bond acceptors (Lipinski definition) is 3. The Kier molecular flexibility index (Phi) is 2.93. The Bertz CT molecular complexity index is 277. The van der Waals surface area contributed by atoms with Crippen LogP contribution >= 0.6 is 0 Å². The van der Waals surface area contributed by atoms with Crippen LogP contribution in [0.25, 0.3) is 0 Å². The zero-order chi connectivity index (χ0) is 10.8. The number of Topliss-reactive ketones (excluding diaryl/α,β-unsaturated/α-hetero) is 1. The molecule has 0 radical (unpaired) electrons. The number of fused-ring (bicyclic) bond motifs is 4. The lowest BCUT2D eigenvalue weighted by atomic mass is 9.93. The number of ether oxygens (including phenoxy) is 1. The van der Waals surface area contributed by atoms with Crippen molar-refractivity contribution >= 4 is 11.9 Å². The molecule has 15 heavy (non-hydrogen) atoms. The lowest BCUT2D eigenvalue weighted by Crippen LogP contribution is -2.48. The van der Waals surface area contributed by atoms with Crippen LogP contribution in [0.2, 0.25) is 0 Å². The van der Waals surface area contributed by atoms with Gasteiger partial charge in [0, 0.05) is 24.9 Å². The quantitative estimate of drug-likeness (QED) is 0.661. The fourth-order valence-corrected chi connectivity index (χ4v) is 2.54. The highest BCUT2D eigenvalue weighted by Gasteiger charge is 2.39. The Morgan fingerprint density at radius 1 is 1.53 bits per heavy atom. The third kappa shape index (κ3) is 1.98. The van der Waals surface area contributed by atoms with Crippen LogP contribution in [0.1, 0.15) is 32.6 Å². The average Bonchev–Trinajstić information content (AvgIpc) is 2.50. The summed E-state index contributed by atoms with van der Waals surface area (Å²) in [6.07, 6.45) is 3.22. The number of hydrogen-bond donors (Lipinski definition) is 0. The first-order chi connectivity index (χ1) is 7.22. The summed E-state index contributed by atoms with van der Waals surface area (Å²) in [6, 6.07) is 0.0929. The summed E-state index contributed by atoms with van der Waals surface area (Å²) in [7, 11) is 0. The Morgan fingerprint density at radius 2 is 2.33 bits per heavy atom. The van der Waals surface area contributed by atoms with Crippen molar-refractivity contribution in [3.63, 3.8) is 0 Å². The van der Waals surface area contributed by atoms with Crippen molar-refractivity contribution in [1.29, 1.82) is 0 Å². The van der Waals surface area contributed by atoms with Crippen LogP contribution < -0.4 is 0 Å². The molecule has 4 nitrogen and oxygen atoms in total. The Hall–Kier alpha value is -1.06. The number of amides is 1. The Labute approximate surface area is 89.6 Å². The largest absolute Gasteiger partial charge is 0.450 e. The van der Waals surface area contributed by atoms with E-state index in [2.05, 4.69) is 0 Å². The van der Waals surface area contributed by atoms with Crippen LogP contribution in [0.4, 0.5) is 4.79 Å². The summed E-state index contributed by atoms with van der Waals surface area (Å²) in [5, 5.41) is 0. The normalized spacial score (nSPS) is 30.2. The number of carbonyl (C=O) groups excluding carboxylic acids is 2. The molecule has 0 N–H and O–H groups in total. The highest BCUT2D eigenvalue weighted by atomic mass is 16.6. The molecule has 3 fully saturated rings.